The van der Waals surface area contributed by atoms with Crippen molar-refractivity contribution in [3.63, 3.8) is 0 Å². The molecule has 0 bridgehead atoms. The van der Waals surface area contributed by atoms with Crippen LogP contribution in [0.5, 0.6) is 0 Å². The van der Waals surface area contributed by atoms with Gasteiger partial charge in [-0.15, -0.1) is 22.7 Å². The Labute approximate surface area is 172 Å². The van der Waals surface area contributed by atoms with Gasteiger partial charge in [-0.2, -0.15) is 0 Å². The van der Waals surface area contributed by atoms with Gasteiger partial charge in [0.1, 0.15) is 5.01 Å². The molecule has 6 nitrogen and oxygen atoms in total. The topological polar surface area (TPSA) is 79.4 Å². The Morgan fingerprint density at radius 1 is 1.25 bits per heavy atom. The highest BCUT2D eigenvalue weighted by Gasteiger charge is 2.33. The zero-order chi connectivity index (χ0) is 19.7. The minimum atomic E-state index is -3.19. The van der Waals surface area contributed by atoms with E-state index < -0.39 is 10.0 Å². The van der Waals surface area contributed by atoms with Crippen LogP contribution in [-0.2, 0) is 16.4 Å². The molecule has 1 aromatic carbocycles. The van der Waals surface area contributed by atoms with Crippen LogP contribution in [0.1, 0.15) is 38.4 Å². The summed E-state index contributed by atoms with van der Waals surface area (Å²) in [5.74, 6) is 0.0362. The van der Waals surface area contributed by atoms with E-state index in [2.05, 4.69) is 10.8 Å². The van der Waals surface area contributed by atoms with E-state index in [1.165, 1.54) is 11.3 Å². The summed E-state index contributed by atoms with van der Waals surface area (Å²) in [4.78, 5) is 21.5. The zero-order valence-electron chi connectivity index (χ0n) is 15.4. The summed E-state index contributed by atoms with van der Waals surface area (Å²) < 4.78 is 26.0. The number of carbonyl (C=O) groups excluding carboxylic acids is 1. The molecule has 1 N–H and O–H groups in total. The average Bonchev–Trinajstić information content (AvgIpc) is 3.38. The molecule has 0 unspecified atom stereocenters. The molecule has 1 aliphatic rings. The molecule has 28 heavy (non-hydrogen) atoms. The second-order valence-electron chi connectivity index (χ2n) is 6.86. The highest BCUT2D eigenvalue weighted by Crippen LogP contribution is 2.37. The molecule has 4 rings (SSSR count). The summed E-state index contributed by atoms with van der Waals surface area (Å²) in [5.41, 5.74) is 0.985. The number of fused-ring (bicyclic) bond motifs is 1. The highest BCUT2D eigenvalue weighted by atomic mass is 32.2. The van der Waals surface area contributed by atoms with Gasteiger partial charge in [0.25, 0.3) is 5.91 Å². The van der Waals surface area contributed by atoms with Crippen molar-refractivity contribution in [2.75, 3.05) is 19.3 Å². The van der Waals surface area contributed by atoms with Gasteiger partial charge in [-0.05, 0) is 43.5 Å². The standard InChI is InChI=1S/C19H21N3O3S3/c1-28(24,25)20-11-10-13-8-9-17(26-13)19(23)22-12-4-6-15(22)18-21-14-5-2-3-7-16(14)27-18/h2-3,5,7-9,15,20H,4,6,10-12H2,1H3/t15-/m1/s1. The molecule has 0 saturated carbocycles. The minimum absolute atomic E-state index is 0.0300. The van der Waals surface area contributed by atoms with Crippen LogP contribution in [0.25, 0.3) is 10.2 Å². The summed E-state index contributed by atoms with van der Waals surface area (Å²) in [6, 6.07) is 11.8. The van der Waals surface area contributed by atoms with E-state index in [0.29, 0.717) is 17.8 Å². The molecular weight excluding hydrogens is 414 g/mol. The Bertz CT molecular complexity index is 1070. The van der Waals surface area contributed by atoms with Crippen LogP contribution in [0.2, 0.25) is 0 Å². The molecule has 148 valence electrons. The Morgan fingerprint density at radius 3 is 2.86 bits per heavy atom. The third-order valence-corrected chi connectivity index (χ3v) is 7.72. The number of nitrogens with zero attached hydrogens (tertiary/aromatic N) is 2. The summed E-state index contributed by atoms with van der Waals surface area (Å²) in [5, 5.41) is 1.00. The fourth-order valence-electron chi connectivity index (χ4n) is 3.43. The van der Waals surface area contributed by atoms with E-state index in [9.17, 15) is 13.2 Å². The quantitative estimate of drug-likeness (QED) is 0.643. The number of nitrogens with one attached hydrogen (secondary N) is 1. The molecule has 1 aliphatic heterocycles. The number of rotatable bonds is 6. The SMILES string of the molecule is CS(=O)(=O)NCCc1ccc(C(=O)N2CCC[C@@H]2c2nc3ccccc3s2)s1. The molecule has 9 heteroatoms. The van der Waals surface area contributed by atoms with E-state index >= 15 is 0 Å². The number of carbonyl (C=O) groups is 1. The summed E-state index contributed by atoms with van der Waals surface area (Å²) in [6.07, 6.45) is 3.63. The zero-order valence-corrected chi connectivity index (χ0v) is 17.9. The molecule has 0 spiro atoms. The van der Waals surface area contributed by atoms with Crippen molar-refractivity contribution >= 4 is 48.8 Å². The highest BCUT2D eigenvalue weighted by molar-refractivity contribution is 7.88. The van der Waals surface area contributed by atoms with Gasteiger partial charge >= 0.3 is 0 Å². The molecule has 1 saturated heterocycles. The maximum Gasteiger partial charge on any atom is 0.264 e. The Morgan fingerprint density at radius 2 is 2.07 bits per heavy atom. The lowest BCUT2D eigenvalue weighted by Gasteiger charge is -2.22. The van der Waals surface area contributed by atoms with Crippen LogP contribution in [0.4, 0.5) is 0 Å². The maximum absolute atomic E-state index is 13.1. The first kappa shape index (κ1) is 19.5. The minimum Gasteiger partial charge on any atom is -0.328 e. The van der Waals surface area contributed by atoms with E-state index in [1.807, 2.05) is 35.2 Å². The fourth-order valence-corrected chi connectivity index (χ4v) is 5.98. The summed E-state index contributed by atoms with van der Waals surface area (Å²) in [6.45, 7) is 1.08. The number of hydrogen-bond donors (Lipinski definition) is 1. The van der Waals surface area contributed by atoms with Crippen molar-refractivity contribution in [3.05, 3.63) is 51.2 Å². The first-order valence-corrected chi connectivity index (χ1v) is 12.6. The molecule has 3 aromatic rings. The lowest BCUT2D eigenvalue weighted by molar-refractivity contribution is 0.0740. The molecule has 2 aromatic heterocycles. The normalized spacial score (nSPS) is 17.5. The van der Waals surface area contributed by atoms with Crippen LogP contribution in [0.3, 0.4) is 0 Å². The van der Waals surface area contributed by atoms with E-state index in [1.54, 1.807) is 11.3 Å². The predicted octanol–water partition coefficient (Wildman–Crippen LogP) is 3.43. The first-order chi connectivity index (χ1) is 13.4. The third kappa shape index (κ3) is 4.27. The predicted molar refractivity (Wildman–Crippen MR) is 114 cm³/mol. The molecule has 1 amide bonds. The van der Waals surface area contributed by atoms with Crippen molar-refractivity contribution in [3.8, 4) is 0 Å². The van der Waals surface area contributed by atoms with Gasteiger partial charge in [0.2, 0.25) is 10.0 Å². The smallest absolute Gasteiger partial charge is 0.264 e. The van der Waals surface area contributed by atoms with E-state index in [0.717, 1.165) is 45.7 Å². The lowest BCUT2D eigenvalue weighted by atomic mass is 10.2. The average molecular weight is 436 g/mol. The number of hydrogen-bond acceptors (Lipinski definition) is 6. The number of sulfonamides is 1. The van der Waals surface area contributed by atoms with Crippen LogP contribution < -0.4 is 4.72 Å². The van der Waals surface area contributed by atoms with Crippen LogP contribution in [0.15, 0.2) is 36.4 Å². The molecule has 1 fully saturated rings. The molecule has 3 heterocycles. The van der Waals surface area contributed by atoms with Gasteiger partial charge in [0, 0.05) is 18.0 Å². The number of benzene rings is 1. The van der Waals surface area contributed by atoms with Crippen molar-refractivity contribution in [1.29, 1.82) is 0 Å². The second-order valence-corrected chi connectivity index (χ2v) is 10.9. The van der Waals surface area contributed by atoms with Crippen molar-refractivity contribution in [2.24, 2.45) is 0 Å². The van der Waals surface area contributed by atoms with E-state index in [4.69, 9.17) is 4.98 Å². The van der Waals surface area contributed by atoms with Gasteiger partial charge in [0.05, 0.1) is 27.4 Å². The maximum atomic E-state index is 13.1. The van der Waals surface area contributed by atoms with Crippen molar-refractivity contribution in [1.82, 2.24) is 14.6 Å². The van der Waals surface area contributed by atoms with Gasteiger partial charge in [0.15, 0.2) is 0 Å². The molecule has 0 aliphatic carbocycles. The first-order valence-electron chi connectivity index (χ1n) is 9.10. The van der Waals surface area contributed by atoms with Gasteiger partial charge in [-0.25, -0.2) is 18.1 Å². The van der Waals surface area contributed by atoms with Crippen molar-refractivity contribution in [2.45, 2.75) is 25.3 Å². The van der Waals surface area contributed by atoms with Crippen LogP contribution in [-0.4, -0.2) is 43.6 Å². The number of aromatic nitrogens is 1. The third-order valence-electron chi connectivity index (χ3n) is 4.72. The fraction of sp³-hybridized carbons (Fsp3) is 0.368. The molecule has 0 radical (unpaired) electrons. The summed E-state index contributed by atoms with van der Waals surface area (Å²) >= 11 is 3.10. The van der Waals surface area contributed by atoms with Gasteiger partial charge < -0.3 is 4.90 Å². The Hall–Kier alpha value is -1.81. The second kappa shape index (κ2) is 7.90. The van der Waals surface area contributed by atoms with Crippen LogP contribution >= 0.6 is 22.7 Å². The monoisotopic (exact) mass is 435 g/mol. The number of thiophene rings is 1. The van der Waals surface area contributed by atoms with Crippen LogP contribution in [0, 0.1) is 0 Å². The Kier molecular flexibility index (Phi) is 5.50. The Balaban J connectivity index is 1.48. The number of likely N-dealkylation sites (tertiary alicyclic amines) is 1. The molecular formula is C19H21N3O3S3. The molecule has 1 atom stereocenters. The van der Waals surface area contributed by atoms with Gasteiger partial charge in [-0.3, -0.25) is 4.79 Å². The van der Waals surface area contributed by atoms with Gasteiger partial charge in [-0.1, -0.05) is 12.1 Å². The number of para-hydroxylation sites is 1. The van der Waals surface area contributed by atoms with E-state index in [-0.39, 0.29) is 11.9 Å². The number of amides is 1. The number of thiazole rings is 1. The largest absolute Gasteiger partial charge is 0.328 e. The summed E-state index contributed by atoms with van der Waals surface area (Å²) in [7, 11) is -3.19. The lowest BCUT2D eigenvalue weighted by Crippen LogP contribution is -2.29. The van der Waals surface area contributed by atoms with Crippen molar-refractivity contribution < 1.29 is 13.2 Å².